The van der Waals surface area contributed by atoms with Gasteiger partial charge in [-0.2, -0.15) is 0 Å². The first kappa shape index (κ1) is 13.3. The van der Waals surface area contributed by atoms with E-state index in [0.717, 1.165) is 4.47 Å². The van der Waals surface area contributed by atoms with Gasteiger partial charge in [-0.1, -0.05) is 22.0 Å². The predicted molar refractivity (Wildman–Crippen MR) is 76.5 cm³/mol. The molecular weight excluding hydrogens is 310 g/mol. The van der Waals surface area contributed by atoms with Gasteiger partial charge in [0.2, 0.25) is 0 Å². The van der Waals surface area contributed by atoms with Crippen LogP contribution < -0.4 is 0 Å². The molecule has 96 valence electrons. The fourth-order valence-electron chi connectivity index (χ4n) is 1.49. The van der Waals surface area contributed by atoms with Gasteiger partial charge in [0.25, 0.3) is 0 Å². The zero-order chi connectivity index (χ0) is 13.8. The first-order valence-corrected chi connectivity index (χ1v) is 6.21. The lowest BCUT2D eigenvalue weighted by Gasteiger charge is -2.00. The molecule has 2 rings (SSSR count). The second-order valence-corrected chi connectivity index (χ2v) is 4.73. The van der Waals surface area contributed by atoms with E-state index in [-0.39, 0.29) is 11.3 Å². The maximum atomic E-state index is 10.8. The lowest BCUT2D eigenvalue weighted by Crippen LogP contribution is -1.94. The van der Waals surface area contributed by atoms with E-state index in [1.54, 1.807) is 30.3 Å². The van der Waals surface area contributed by atoms with Crippen molar-refractivity contribution >= 4 is 33.8 Å². The molecule has 0 spiro atoms. The number of hydrogen-bond donors (Lipinski definition) is 2. The number of aromatic hydroxyl groups is 1. The number of carboxylic acid groups (broad SMARTS) is 1. The number of nitrogens with zero attached hydrogens (tertiary/aromatic N) is 1. The molecule has 4 nitrogen and oxygen atoms in total. The summed E-state index contributed by atoms with van der Waals surface area (Å²) in [5, 5.41) is 18.5. The Morgan fingerprint density at radius 1 is 1.21 bits per heavy atom. The third-order valence-electron chi connectivity index (χ3n) is 2.44. The standard InChI is InChI=1S/C14H10BrNO3/c15-11-4-5-13(17)10(6-11)8-16-12-3-1-2-9(7-12)14(18)19/h1-8,17H,(H,18,19). The summed E-state index contributed by atoms with van der Waals surface area (Å²) >= 11 is 3.30. The molecule has 0 radical (unpaired) electrons. The van der Waals surface area contributed by atoms with E-state index in [1.807, 2.05) is 0 Å². The average molecular weight is 320 g/mol. The highest BCUT2D eigenvalue weighted by atomic mass is 79.9. The molecular formula is C14H10BrNO3. The molecule has 0 fully saturated rings. The van der Waals surface area contributed by atoms with Crippen LogP contribution in [0.15, 0.2) is 51.9 Å². The lowest BCUT2D eigenvalue weighted by molar-refractivity contribution is 0.0697. The maximum Gasteiger partial charge on any atom is 0.335 e. The van der Waals surface area contributed by atoms with Crippen LogP contribution in [0.25, 0.3) is 0 Å². The van der Waals surface area contributed by atoms with Crippen molar-refractivity contribution in [2.45, 2.75) is 0 Å². The van der Waals surface area contributed by atoms with Crippen LogP contribution in [-0.2, 0) is 0 Å². The number of hydrogen-bond acceptors (Lipinski definition) is 3. The van der Waals surface area contributed by atoms with Gasteiger partial charge in [0.05, 0.1) is 11.3 Å². The van der Waals surface area contributed by atoms with E-state index in [2.05, 4.69) is 20.9 Å². The van der Waals surface area contributed by atoms with Gasteiger partial charge in [-0.05, 0) is 36.4 Å². The average Bonchev–Trinajstić information content (AvgIpc) is 2.40. The van der Waals surface area contributed by atoms with E-state index in [0.29, 0.717) is 11.3 Å². The van der Waals surface area contributed by atoms with Crippen molar-refractivity contribution in [3.63, 3.8) is 0 Å². The highest BCUT2D eigenvalue weighted by molar-refractivity contribution is 9.10. The van der Waals surface area contributed by atoms with E-state index < -0.39 is 5.97 Å². The summed E-state index contributed by atoms with van der Waals surface area (Å²) in [6, 6.07) is 11.3. The van der Waals surface area contributed by atoms with Gasteiger partial charge in [0, 0.05) is 16.3 Å². The summed E-state index contributed by atoms with van der Waals surface area (Å²) < 4.78 is 0.825. The highest BCUT2D eigenvalue weighted by Crippen LogP contribution is 2.21. The zero-order valence-corrected chi connectivity index (χ0v) is 11.3. The van der Waals surface area contributed by atoms with Gasteiger partial charge in [-0.3, -0.25) is 4.99 Å². The number of benzene rings is 2. The third-order valence-corrected chi connectivity index (χ3v) is 2.93. The quantitative estimate of drug-likeness (QED) is 0.849. The molecule has 0 saturated heterocycles. The molecule has 2 aromatic carbocycles. The summed E-state index contributed by atoms with van der Waals surface area (Å²) in [6.45, 7) is 0. The Morgan fingerprint density at radius 3 is 2.74 bits per heavy atom. The minimum Gasteiger partial charge on any atom is -0.507 e. The van der Waals surface area contributed by atoms with Crippen LogP contribution in [0.1, 0.15) is 15.9 Å². The Bertz CT molecular complexity index is 653. The van der Waals surface area contributed by atoms with E-state index in [4.69, 9.17) is 5.11 Å². The molecule has 0 atom stereocenters. The van der Waals surface area contributed by atoms with Crippen LogP contribution >= 0.6 is 15.9 Å². The fraction of sp³-hybridized carbons (Fsp3) is 0. The first-order chi connectivity index (χ1) is 9.06. The van der Waals surface area contributed by atoms with E-state index >= 15 is 0 Å². The molecule has 0 unspecified atom stereocenters. The number of rotatable bonds is 3. The fourth-order valence-corrected chi connectivity index (χ4v) is 1.87. The second kappa shape index (κ2) is 5.67. The van der Waals surface area contributed by atoms with Gasteiger partial charge in [-0.15, -0.1) is 0 Å². The maximum absolute atomic E-state index is 10.8. The second-order valence-electron chi connectivity index (χ2n) is 3.82. The Labute approximate surface area is 118 Å². The topological polar surface area (TPSA) is 69.9 Å². The predicted octanol–water partition coefficient (Wildman–Crippen LogP) is 3.60. The molecule has 0 amide bonds. The van der Waals surface area contributed by atoms with Crippen molar-refractivity contribution in [2.75, 3.05) is 0 Å². The molecule has 0 aliphatic heterocycles. The molecule has 2 N–H and O–H groups in total. The van der Waals surface area contributed by atoms with Crippen LogP contribution in [0.5, 0.6) is 5.75 Å². The first-order valence-electron chi connectivity index (χ1n) is 5.42. The summed E-state index contributed by atoms with van der Waals surface area (Å²) in [6.07, 6.45) is 1.49. The van der Waals surface area contributed by atoms with Crippen molar-refractivity contribution in [2.24, 2.45) is 4.99 Å². The minimum absolute atomic E-state index is 0.112. The van der Waals surface area contributed by atoms with Crippen molar-refractivity contribution in [1.82, 2.24) is 0 Å². The van der Waals surface area contributed by atoms with Crippen molar-refractivity contribution in [3.05, 3.63) is 58.1 Å². The SMILES string of the molecule is O=C(O)c1cccc(N=Cc2cc(Br)ccc2O)c1. The van der Waals surface area contributed by atoms with Crippen LogP contribution in [0.4, 0.5) is 5.69 Å². The number of carboxylic acids is 1. The molecule has 19 heavy (non-hydrogen) atoms. The van der Waals surface area contributed by atoms with Gasteiger partial charge < -0.3 is 10.2 Å². The molecule has 0 aromatic heterocycles. The van der Waals surface area contributed by atoms with Crippen LogP contribution in [0, 0.1) is 0 Å². The smallest absolute Gasteiger partial charge is 0.335 e. The Kier molecular flexibility index (Phi) is 3.97. The minimum atomic E-state index is -0.998. The number of aliphatic imine (C=N–C) groups is 1. The number of phenolic OH excluding ortho intramolecular Hbond substituents is 1. The summed E-state index contributed by atoms with van der Waals surface area (Å²) in [4.78, 5) is 15.0. The van der Waals surface area contributed by atoms with E-state index in [1.165, 1.54) is 18.3 Å². The number of carbonyl (C=O) groups is 1. The highest BCUT2D eigenvalue weighted by Gasteiger charge is 2.02. The van der Waals surface area contributed by atoms with Gasteiger partial charge in [0.15, 0.2) is 0 Å². The molecule has 0 saturated carbocycles. The number of phenols is 1. The molecule has 0 aliphatic rings. The van der Waals surface area contributed by atoms with Gasteiger partial charge >= 0.3 is 5.97 Å². The number of halogens is 1. The Hall–Kier alpha value is -2.14. The van der Waals surface area contributed by atoms with Crippen molar-refractivity contribution < 1.29 is 15.0 Å². The summed E-state index contributed by atoms with van der Waals surface area (Å²) in [7, 11) is 0. The van der Waals surface area contributed by atoms with Crippen LogP contribution in [0.3, 0.4) is 0 Å². The normalized spacial score (nSPS) is 10.8. The van der Waals surface area contributed by atoms with Gasteiger partial charge in [-0.25, -0.2) is 4.79 Å². The monoisotopic (exact) mass is 319 g/mol. The Morgan fingerprint density at radius 2 is 2.00 bits per heavy atom. The molecule has 0 bridgehead atoms. The molecule has 0 aliphatic carbocycles. The Balaban J connectivity index is 2.30. The molecule has 2 aromatic rings. The third kappa shape index (κ3) is 3.42. The largest absolute Gasteiger partial charge is 0.507 e. The lowest BCUT2D eigenvalue weighted by atomic mass is 10.2. The van der Waals surface area contributed by atoms with Crippen LogP contribution in [-0.4, -0.2) is 22.4 Å². The van der Waals surface area contributed by atoms with Gasteiger partial charge in [0.1, 0.15) is 5.75 Å². The van der Waals surface area contributed by atoms with Crippen molar-refractivity contribution in [1.29, 1.82) is 0 Å². The molecule has 5 heteroatoms. The van der Waals surface area contributed by atoms with E-state index in [9.17, 15) is 9.90 Å². The summed E-state index contributed by atoms with van der Waals surface area (Å²) in [5.74, 6) is -0.885. The zero-order valence-electron chi connectivity index (χ0n) is 9.75. The number of aromatic carboxylic acids is 1. The van der Waals surface area contributed by atoms with Crippen LogP contribution in [0.2, 0.25) is 0 Å². The molecule has 0 heterocycles. The van der Waals surface area contributed by atoms with Crippen molar-refractivity contribution in [3.8, 4) is 5.75 Å². The summed E-state index contributed by atoms with van der Waals surface area (Å²) in [5.41, 5.74) is 1.24.